The fourth-order valence-corrected chi connectivity index (χ4v) is 2.94. The average Bonchev–Trinajstić information content (AvgIpc) is 3.05. The van der Waals surface area contributed by atoms with E-state index in [1.165, 1.54) is 0 Å². The Kier molecular flexibility index (Phi) is 4.61. The number of aromatic nitrogens is 2. The molecule has 3 rings (SSSR count). The van der Waals surface area contributed by atoms with Gasteiger partial charge in [-0.2, -0.15) is 0 Å². The molecule has 1 unspecified atom stereocenters. The summed E-state index contributed by atoms with van der Waals surface area (Å²) in [4.78, 5) is 13.8. The number of aryl methyl sites for hydroxylation is 1. The number of rotatable bonds is 3. The maximum Gasteiger partial charge on any atom is 0.243 e. The van der Waals surface area contributed by atoms with Crippen LogP contribution in [0.15, 0.2) is 43.0 Å². The molecular weight excluding hydrogens is 302 g/mol. The highest BCUT2D eigenvalue weighted by molar-refractivity contribution is 5.84. The molecule has 1 fully saturated rings. The minimum absolute atomic E-state index is 0. The molecular formula is C15H20ClN5O. The van der Waals surface area contributed by atoms with Crippen molar-refractivity contribution in [2.75, 3.05) is 17.2 Å². The number of amides is 1. The van der Waals surface area contributed by atoms with Crippen molar-refractivity contribution >= 4 is 17.3 Å². The number of hydrogen-bond acceptors (Lipinski definition) is 3. The smallest absolute Gasteiger partial charge is 0.243 e. The van der Waals surface area contributed by atoms with E-state index in [0.29, 0.717) is 12.1 Å². The first-order chi connectivity index (χ1) is 10.0. The van der Waals surface area contributed by atoms with E-state index < -0.39 is 0 Å². The number of nitrogen functional groups attached to an aromatic ring is 1. The van der Waals surface area contributed by atoms with Crippen LogP contribution in [-0.4, -0.2) is 23.1 Å². The number of nitrogens with two attached hydrogens (primary N) is 2. The average molecular weight is 322 g/mol. The van der Waals surface area contributed by atoms with Crippen LogP contribution in [0.2, 0.25) is 0 Å². The third-order valence-electron chi connectivity index (χ3n) is 4.04. The van der Waals surface area contributed by atoms with Gasteiger partial charge < -0.3 is 28.8 Å². The third-order valence-corrected chi connectivity index (χ3v) is 4.04. The zero-order valence-corrected chi connectivity index (χ0v) is 13.1. The second kappa shape index (κ2) is 6.27. The Morgan fingerprint density at radius 2 is 2.00 bits per heavy atom. The summed E-state index contributed by atoms with van der Waals surface area (Å²) in [5, 5.41) is 0. The maximum atomic E-state index is 11.8. The Labute approximate surface area is 135 Å². The fourth-order valence-electron chi connectivity index (χ4n) is 2.94. The van der Waals surface area contributed by atoms with Gasteiger partial charge in [-0.3, -0.25) is 4.79 Å². The van der Waals surface area contributed by atoms with Gasteiger partial charge in [-0.15, -0.1) is 0 Å². The summed E-state index contributed by atoms with van der Waals surface area (Å²) < 4.78 is 4.12. The van der Waals surface area contributed by atoms with E-state index in [0.717, 1.165) is 12.2 Å². The molecule has 0 saturated carbocycles. The lowest BCUT2D eigenvalue weighted by atomic mass is 10.1. The zero-order chi connectivity index (χ0) is 15.0. The van der Waals surface area contributed by atoms with Gasteiger partial charge in [0.1, 0.15) is 24.5 Å². The lowest BCUT2D eigenvalue weighted by Crippen LogP contribution is -3.00. The Morgan fingerprint density at radius 1 is 1.32 bits per heavy atom. The molecule has 1 aliphatic heterocycles. The molecule has 1 aromatic carbocycles. The van der Waals surface area contributed by atoms with E-state index in [4.69, 9.17) is 11.5 Å². The highest BCUT2D eigenvalue weighted by Gasteiger charge is 2.38. The van der Waals surface area contributed by atoms with Crippen LogP contribution in [0.25, 0.3) is 0 Å². The lowest BCUT2D eigenvalue weighted by Gasteiger charge is -2.23. The molecule has 118 valence electrons. The first-order valence-electron chi connectivity index (χ1n) is 6.99. The van der Waals surface area contributed by atoms with Gasteiger partial charge in [0.2, 0.25) is 12.2 Å². The van der Waals surface area contributed by atoms with Crippen LogP contribution in [-0.2, 0) is 11.8 Å². The summed E-state index contributed by atoms with van der Waals surface area (Å²) in [6.07, 6.45) is 6.75. The standard InChI is InChI=1S/C15H19N5O.ClH/c1-18-6-7-19(10-18)13-8-14(15(17)21)20(9-13)12-4-2-11(16)3-5-12;/h2-7,10,13-14H,8-9,16H2,1H3,(H-,17,21);1H/t13?,14-;/m0./s1. The van der Waals surface area contributed by atoms with E-state index in [9.17, 15) is 4.79 Å². The molecule has 2 aromatic rings. The summed E-state index contributed by atoms with van der Waals surface area (Å²) in [6.45, 7) is 0.756. The molecule has 22 heavy (non-hydrogen) atoms. The number of halogens is 1. The van der Waals surface area contributed by atoms with Gasteiger partial charge in [0.05, 0.1) is 13.6 Å². The molecule has 6 nitrogen and oxygen atoms in total. The van der Waals surface area contributed by atoms with Crippen molar-refractivity contribution in [2.45, 2.75) is 18.5 Å². The summed E-state index contributed by atoms with van der Waals surface area (Å²) in [6, 6.07) is 7.51. The summed E-state index contributed by atoms with van der Waals surface area (Å²) in [7, 11) is 1.98. The summed E-state index contributed by atoms with van der Waals surface area (Å²) >= 11 is 0. The second-order valence-electron chi connectivity index (χ2n) is 5.58. The number of nitrogens with zero attached hydrogens (tertiary/aromatic N) is 3. The van der Waals surface area contributed by atoms with Gasteiger partial charge in [0.15, 0.2) is 0 Å². The molecule has 7 heteroatoms. The Bertz CT molecular complexity index is 654. The minimum Gasteiger partial charge on any atom is -1.00 e. The van der Waals surface area contributed by atoms with Crippen LogP contribution in [0, 0.1) is 0 Å². The number of primary amides is 1. The largest absolute Gasteiger partial charge is 1.00 e. The molecule has 0 bridgehead atoms. The van der Waals surface area contributed by atoms with Gasteiger partial charge >= 0.3 is 0 Å². The van der Waals surface area contributed by atoms with Crippen LogP contribution < -0.4 is 33.3 Å². The Hall–Kier alpha value is -2.21. The number of anilines is 2. The lowest BCUT2D eigenvalue weighted by molar-refractivity contribution is -0.671. The topological polar surface area (TPSA) is 81.2 Å². The van der Waals surface area contributed by atoms with Crippen molar-refractivity contribution in [2.24, 2.45) is 12.8 Å². The molecule has 0 aliphatic carbocycles. The zero-order valence-electron chi connectivity index (χ0n) is 12.4. The number of carbonyl (C=O) groups excluding carboxylic acids is 1. The van der Waals surface area contributed by atoms with Crippen LogP contribution in [0.5, 0.6) is 0 Å². The molecule has 2 heterocycles. The molecule has 1 amide bonds. The van der Waals surface area contributed by atoms with Crippen LogP contribution in [0.1, 0.15) is 12.5 Å². The number of hydrogen-bond donors (Lipinski definition) is 2. The minimum atomic E-state index is -0.286. The van der Waals surface area contributed by atoms with Gasteiger partial charge in [0.25, 0.3) is 0 Å². The molecule has 0 spiro atoms. The summed E-state index contributed by atoms with van der Waals surface area (Å²) in [5.41, 5.74) is 13.0. The molecule has 2 atom stereocenters. The van der Waals surface area contributed by atoms with Crippen molar-refractivity contribution in [1.29, 1.82) is 0 Å². The molecule has 1 saturated heterocycles. The van der Waals surface area contributed by atoms with Gasteiger partial charge in [-0.1, -0.05) is 0 Å². The van der Waals surface area contributed by atoms with Gasteiger partial charge in [-0.05, 0) is 24.3 Å². The molecule has 1 aromatic heterocycles. The molecule has 1 aliphatic rings. The van der Waals surface area contributed by atoms with Gasteiger partial charge in [0, 0.05) is 17.8 Å². The number of imidazole rings is 1. The van der Waals surface area contributed by atoms with Gasteiger partial charge in [-0.25, -0.2) is 9.13 Å². The molecule has 4 N–H and O–H groups in total. The third kappa shape index (κ3) is 3.01. The highest BCUT2D eigenvalue weighted by Crippen LogP contribution is 2.32. The highest BCUT2D eigenvalue weighted by atomic mass is 35.5. The van der Waals surface area contributed by atoms with Crippen molar-refractivity contribution in [3.63, 3.8) is 0 Å². The van der Waals surface area contributed by atoms with E-state index in [1.807, 2.05) is 54.6 Å². The van der Waals surface area contributed by atoms with Crippen LogP contribution >= 0.6 is 0 Å². The van der Waals surface area contributed by atoms with Crippen molar-refractivity contribution in [3.05, 3.63) is 43.0 Å². The van der Waals surface area contributed by atoms with Crippen LogP contribution in [0.4, 0.5) is 11.4 Å². The normalized spacial score (nSPS) is 20.7. The van der Waals surface area contributed by atoms with Crippen molar-refractivity contribution < 1.29 is 21.8 Å². The Morgan fingerprint density at radius 3 is 2.55 bits per heavy atom. The van der Waals surface area contributed by atoms with Crippen molar-refractivity contribution in [3.8, 4) is 0 Å². The predicted octanol–water partition coefficient (Wildman–Crippen LogP) is -2.80. The van der Waals surface area contributed by atoms with E-state index >= 15 is 0 Å². The van der Waals surface area contributed by atoms with E-state index in [1.54, 1.807) is 0 Å². The number of carbonyl (C=O) groups is 1. The quantitative estimate of drug-likeness (QED) is 0.473. The second-order valence-corrected chi connectivity index (χ2v) is 5.58. The van der Waals surface area contributed by atoms with Crippen LogP contribution in [0.3, 0.4) is 0 Å². The first-order valence-corrected chi connectivity index (χ1v) is 6.99. The number of benzene rings is 1. The van der Waals surface area contributed by atoms with E-state index in [2.05, 4.69) is 9.47 Å². The first kappa shape index (κ1) is 16.2. The predicted molar refractivity (Wildman–Crippen MR) is 80.4 cm³/mol. The van der Waals surface area contributed by atoms with E-state index in [-0.39, 0.29) is 30.4 Å². The van der Waals surface area contributed by atoms with Crippen molar-refractivity contribution in [1.82, 2.24) is 4.57 Å². The Balaban J connectivity index is 0.00000176. The molecule has 0 radical (unpaired) electrons. The maximum absolute atomic E-state index is 11.8. The monoisotopic (exact) mass is 321 g/mol. The SMILES string of the molecule is C[n+]1ccn(C2C[C@@H](C(N)=O)N(c3ccc(N)cc3)C2)c1.[Cl-]. The summed E-state index contributed by atoms with van der Waals surface area (Å²) in [5.74, 6) is -0.286. The fraction of sp³-hybridized carbons (Fsp3) is 0.333.